The molecule has 1 aromatic carbocycles. The van der Waals surface area contributed by atoms with Crippen LogP contribution in [0.4, 0.5) is 5.95 Å². The highest BCUT2D eigenvalue weighted by atomic mass is 16.5. The monoisotopic (exact) mass is 453 g/mol. The predicted octanol–water partition coefficient (Wildman–Crippen LogP) is 3.99. The molecule has 3 aromatic rings. The third-order valence-corrected chi connectivity index (χ3v) is 8.42. The molecule has 3 heterocycles. The normalized spacial score (nSPS) is 24.0. The number of nitrogen functional groups attached to an aromatic ring is 1. The number of likely N-dealkylation sites (N-methyl/N-ethyl adjacent to an activating group) is 1. The molecule has 180 valence electrons. The van der Waals surface area contributed by atoms with Crippen molar-refractivity contribution in [1.82, 2.24) is 29.4 Å². The largest absolute Gasteiger partial charge is 0.494 e. The van der Waals surface area contributed by atoms with Crippen molar-refractivity contribution in [3.05, 3.63) is 23.5 Å². The summed E-state index contributed by atoms with van der Waals surface area (Å²) in [5.41, 5.74) is 8.24. The number of ether oxygens (including phenoxy) is 1. The van der Waals surface area contributed by atoms with Crippen molar-refractivity contribution in [3.8, 4) is 5.75 Å². The lowest BCUT2D eigenvalue weighted by molar-refractivity contribution is -0.162. The van der Waals surface area contributed by atoms with E-state index in [-0.39, 0.29) is 17.1 Å². The summed E-state index contributed by atoms with van der Waals surface area (Å²) < 4.78 is 7.25. The van der Waals surface area contributed by atoms with Gasteiger partial charge in [0.2, 0.25) is 5.95 Å². The van der Waals surface area contributed by atoms with Gasteiger partial charge in [0.05, 0.1) is 12.6 Å². The van der Waals surface area contributed by atoms with Crippen molar-refractivity contribution in [2.45, 2.75) is 91.0 Å². The van der Waals surface area contributed by atoms with Crippen molar-refractivity contribution >= 4 is 22.5 Å². The lowest BCUT2D eigenvalue weighted by Crippen LogP contribution is -2.77. The molecule has 8 heteroatoms. The number of nitrogens with two attached hydrogens (primary N) is 1. The van der Waals surface area contributed by atoms with Gasteiger partial charge in [-0.1, -0.05) is 0 Å². The van der Waals surface area contributed by atoms with E-state index in [1.165, 1.54) is 0 Å². The highest BCUT2D eigenvalue weighted by Gasteiger charge is 2.56. The highest BCUT2D eigenvalue weighted by Crippen LogP contribution is 2.46. The first-order valence-corrected chi connectivity index (χ1v) is 11.7. The molecule has 2 atom stereocenters. The molecule has 0 spiro atoms. The Labute approximate surface area is 197 Å². The number of fused-ring (bicyclic) bond motifs is 3. The van der Waals surface area contributed by atoms with E-state index in [2.05, 4.69) is 83.3 Å². The number of piperazine rings is 1. The Balaban J connectivity index is 1.95. The fourth-order valence-corrected chi connectivity index (χ4v) is 5.85. The number of methoxy groups -OCH3 is 1. The maximum absolute atomic E-state index is 6.36. The topological polar surface area (TPSA) is 84.8 Å². The van der Waals surface area contributed by atoms with E-state index in [1.54, 1.807) is 11.6 Å². The summed E-state index contributed by atoms with van der Waals surface area (Å²) in [6.45, 7) is 20.3. The van der Waals surface area contributed by atoms with Crippen LogP contribution in [0.25, 0.3) is 16.6 Å². The molecule has 1 aliphatic rings. The maximum Gasteiger partial charge on any atom is 0.223 e. The molecule has 33 heavy (non-hydrogen) atoms. The Hall–Kier alpha value is -2.45. The van der Waals surface area contributed by atoms with Gasteiger partial charge in [-0.05, 0) is 87.1 Å². The molecule has 8 nitrogen and oxygen atoms in total. The van der Waals surface area contributed by atoms with Crippen LogP contribution in [0, 0.1) is 6.92 Å². The number of aryl methyl sites for hydroxylation is 1. The van der Waals surface area contributed by atoms with Crippen molar-refractivity contribution in [2.75, 3.05) is 19.9 Å². The fraction of sp³-hybridized carbons (Fsp3) is 0.640. The first-order valence-electron chi connectivity index (χ1n) is 11.7. The minimum Gasteiger partial charge on any atom is -0.494 e. The van der Waals surface area contributed by atoms with Crippen LogP contribution in [0.2, 0.25) is 0 Å². The highest BCUT2D eigenvalue weighted by molar-refractivity contribution is 5.96. The van der Waals surface area contributed by atoms with Gasteiger partial charge < -0.3 is 10.5 Å². The van der Waals surface area contributed by atoms with Crippen LogP contribution >= 0.6 is 0 Å². The molecule has 2 aromatic heterocycles. The van der Waals surface area contributed by atoms with E-state index in [0.29, 0.717) is 28.9 Å². The molecular weight excluding hydrogens is 414 g/mol. The van der Waals surface area contributed by atoms with Crippen LogP contribution in [0.1, 0.15) is 66.8 Å². The van der Waals surface area contributed by atoms with Crippen molar-refractivity contribution in [2.24, 2.45) is 0 Å². The maximum atomic E-state index is 6.36. The molecule has 0 saturated carbocycles. The molecule has 2 N–H and O–H groups in total. The van der Waals surface area contributed by atoms with Gasteiger partial charge in [0, 0.05) is 28.5 Å². The number of benzene rings is 1. The second-order valence-electron chi connectivity index (χ2n) is 11.2. The number of aromatic nitrogens is 4. The molecule has 0 aliphatic carbocycles. The van der Waals surface area contributed by atoms with E-state index < -0.39 is 5.54 Å². The summed E-state index contributed by atoms with van der Waals surface area (Å²) in [5.74, 6) is 1.72. The Morgan fingerprint density at radius 3 is 2.27 bits per heavy atom. The first-order chi connectivity index (χ1) is 15.1. The molecular formula is C25H39N7O. The van der Waals surface area contributed by atoms with Gasteiger partial charge in [-0.15, -0.1) is 5.10 Å². The summed E-state index contributed by atoms with van der Waals surface area (Å²) in [7, 11) is 3.87. The zero-order valence-electron chi connectivity index (χ0n) is 22.0. The molecule has 0 radical (unpaired) electrons. The minimum atomic E-state index is -0.450. The number of rotatable bonds is 3. The summed E-state index contributed by atoms with van der Waals surface area (Å²) in [5, 5.41) is 5.79. The SMILES string of the molecule is COc1cc(C)cc2c1nc(N)n1nc(C(C)(C)N3[C@@H](C)C(C)(C)N(C)[C@@H](C)C3(C)C)nc21. The summed E-state index contributed by atoms with van der Waals surface area (Å²) in [4.78, 5) is 14.8. The van der Waals surface area contributed by atoms with Crippen LogP contribution in [-0.2, 0) is 5.54 Å². The molecule has 1 saturated heterocycles. The van der Waals surface area contributed by atoms with E-state index in [9.17, 15) is 0 Å². The van der Waals surface area contributed by atoms with E-state index in [1.807, 2.05) is 13.0 Å². The Morgan fingerprint density at radius 1 is 1.03 bits per heavy atom. The van der Waals surface area contributed by atoms with Gasteiger partial charge in [0.1, 0.15) is 11.3 Å². The van der Waals surface area contributed by atoms with Crippen molar-refractivity contribution in [1.29, 1.82) is 0 Å². The van der Waals surface area contributed by atoms with E-state index >= 15 is 0 Å². The van der Waals surface area contributed by atoms with Gasteiger partial charge in [0.15, 0.2) is 11.5 Å². The molecule has 1 aliphatic heterocycles. The van der Waals surface area contributed by atoms with Crippen LogP contribution in [0.3, 0.4) is 0 Å². The Morgan fingerprint density at radius 2 is 1.67 bits per heavy atom. The number of anilines is 1. The van der Waals surface area contributed by atoms with Gasteiger partial charge in [-0.25, -0.2) is 9.97 Å². The molecule has 4 rings (SSSR count). The standard InChI is InChI=1S/C25H39N7O/c1-14-12-17-19(18(13-14)33-11)27-22(26)31-20(17)28-21(29-31)25(8,9)32-16(3)23(4,5)30(10)15(2)24(32,6)7/h12-13,15-16H,1-11H3,(H2,26,27)/t15-,16-/m0/s1. The third-order valence-electron chi connectivity index (χ3n) is 8.42. The lowest BCUT2D eigenvalue weighted by atomic mass is 9.75. The van der Waals surface area contributed by atoms with Crippen LogP contribution in [0.15, 0.2) is 12.1 Å². The molecule has 0 bridgehead atoms. The number of hydrogen-bond acceptors (Lipinski definition) is 7. The van der Waals surface area contributed by atoms with Crippen LogP contribution < -0.4 is 10.5 Å². The predicted molar refractivity (Wildman–Crippen MR) is 134 cm³/mol. The summed E-state index contributed by atoms with van der Waals surface area (Å²) in [6, 6.07) is 4.62. The summed E-state index contributed by atoms with van der Waals surface area (Å²) >= 11 is 0. The van der Waals surface area contributed by atoms with Crippen LogP contribution in [-0.4, -0.2) is 66.7 Å². The number of hydrogen-bond donors (Lipinski definition) is 1. The zero-order chi connectivity index (χ0) is 24.7. The Kier molecular flexibility index (Phi) is 5.22. The van der Waals surface area contributed by atoms with Crippen molar-refractivity contribution < 1.29 is 4.74 Å². The molecule has 1 fully saturated rings. The van der Waals surface area contributed by atoms with E-state index in [0.717, 1.165) is 16.8 Å². The van der Waals surface area contributed by atoms with Crippen LogP contribution in [0.5, 0.6) is 5.75 Å². The average Bonchev–Trinajstić information content (AvgIpc) is 3.19. The number of nitrogens with zero attached hydrogens (tertiary/aromatic N) is 6. The van der Waals surface area contributed by atoms with Gasteiger partial charge in [-0.2, -0.15) is 4.52 Å². The van der Waals surface area contributed by atoms with Gasteiger partial charge in [-0.3, -0.25) is 9.80 Å². The van der Waals surface area contributed by atoms with Crippen molar-refractivity contribution in [3.63, 3.8) is 0 Å². The second kappa shape index (κ2) is 7.27. The lowest BCUT2D eigenvalue weighted by Gasteiger charge is -2.65. The second-order valence-corrected chi connectivity index (χ2v) is 11.2. The third kappa shape index (κ3) is 3.21. The average molecular weight is 454 g/mol. The zero-order valence-corrected chi connectivity index (χ0v) is 22.0. The first kappa shape index (κ1) is 23.7. The van der Waals surface area contributed by atoms with E-state index in [4.69, 9.17) is 20.6 Å². The van der Waals surface area contributed by atoms with Gasteiger partial charge in [0.25, 0.3) is 0 Å². The summed E-state index contributed by atoms with van der Waals surface area (Å²) in [6.07, 6.45) is 0. The fourth-order valence-electron chi connectivity index (χ4n) is 5.85. The quantitative estimate of drug-likeness (QED) is 0.642. The Bertz CT molecular complexity index is 1230. The van der Waals surface area contributed by atoms with Gasteiger partial charge >= 0.3 is 0 Å². The minimum absolute atomic E-state index is 0.0247. The molecule has 0 unspecified atom stereocenters. The molecule has 0 amide bonds. The smallest absolute Gasteiger partial charge is 0.223 e.